The molecule has 2 aromatic carbocycles. The molecule has 0 radical (unpaired) electrons. The van der Waals surface area contributed by atoms with E-state index < -0.39 is 29.7 Å². The van der Waals surface area contributed by atoms with E-state index in [1.807, 2.05) is 0 Å². The highest BCUT2D eigenvalue weighted by Crippen LogP contribution is 2.24. The van der Waals surface area contributed by atoms with Gasteiger partial charge >= 0.3 is 6.03 Å². The zero-order chi connectivity index (χ0) is 21.0. The van der Waals surface area contributed by atoms with Gasteiger partial charge in [-0.15, -0.1) is 0 Å². The molecule has 29 heavy (non-hydrogen) atoms. The van der Waals surface area contributed by atoms with Gasteiger partial charge in [0.05, 0.1) is 12.8 Å². The number of hydrogen-bond acceptors (Lipinski definition) is 6. The summed E-state index contributed by atoms with van der Waals surface area (Å²) in [5, 5.41) is 5.80. The van der Waals surface area contributed by atoms with Crippen molar-refractivity contribution in [2.45, 2.75) is 0 Å². The molecule has 1 fully saturated rings. The molecule has 0 saturated carbocycles. The maximum atomic E-state index is 12.7. The Labute approximate surface area is 173 Å². The Morgan fingerprint density at radius 3 is 2.62 bits per heavy atom. The van der Waals surface area contributed by atoms with Gasteiger partial charge < -0.3 is 4.74 Å². The van der Waals surface area contributed by atoms with Crippen molar-refractivity contribution in [1.82, 2.24) is 10.7 Å². The van der Waals surface area contributed by atoms with Gasteiger partial charge in [0.1, 0.15) is 5.75 Å². The summed E-state index contributed by atoms with van der Waals surface area (Å²) in [6, 6.07) is 11.9. The van der Waals surface area contributed by atoms with Gasteiger partial charge in [-0.25, -0.2) is 15.1 Å². The minimum atomic E-state index is -1.39. The second kappa shape index (κ2) is 8.65. The van der Waals surface area contributed by atoms with Gasteiger partial charge in [-0.2, -0.15) is 5.10 Å². The molecular weight excluding hydrogens is 444 g/mol. The lowest BCUT2D eigenvalue weighted by Crippen LogP contribution is -2.58. The molecule has 1 saturated heterocycles. The molecule has 9 nitrogen and oxygen atoms in total. The lowest BCUT2D eigenvalue weighted by Gasteiger charge is -2.28. The number of carbonyl (C=O) groups is 4. The number of hydrogen-bond donors (Lipinski definition) is 2. The Morgan fingerprint density at radius 2 is 1.93 bits per heavy atom. The van der Waals surface area contributed by atoms with Crippen LogP contribution in [0.1, 0.15) is 10.4 Å². The maximum absolute atomic E-state index is 12.7. The van der Waals surface area contributed by atoms with Crippen molar-refractivity contribution in [3.63, 3.8) is 0 Å². The summed E-state index contributed by atoms with van der Waals surface area (Å²) in [6.07, 6.45) is 0.980. The topological polar surface area (TPSA) is 117 Å². The first-order chi connectivity index (χ1) is 13.9. The van der Waals surface area contributed by atoms with Crippen LogP contribution in [0.5, 0.6) is 5.75 Å². The Morgan fingerprint density at radius 1 is 1.21 bits per heavy atom. The molecule has 1 aliphatic rings. The Bertz CT molecular complexity index is 1010. The van der Waals surface area contributed by atoms with E-state index in [2.05, 4.69) is 31.8 Å². The highest BCUT2D eigenvalue weighted by atomic mass is 79.9. The normalized spacial score (nSPS) is 16.7. The number of rotatable bonds is 5. The van der Waals surface area contributed by atoms with Crippen molar-refractivity contribution >= 4 is 51.6 Å². The molecule has 148 valence electrons. The van der Waals surface area contributed by atoms with Gasteiger partial charge in [-0.1, -0.05) is 22.0 Å². The predicted octanol–water partition coefficient (Wildman–Crippen LogP) is 2.07. The van der Waals surface area contributed by atoms with Crippen LogP contribution < -0.4 is 20.4 Å². The number of nitrogens with one attached hydrogen (secondary N) is 2. The van der Waals surface area contributed by atoms with Crippen LogP contribution in [0.3, 0.4) is 0 Å². The van der Waals surface area contributed by atoms with Gasteiger partial charge in [-0.05, 0) is 36.4 Å². The summed E-state index contributed by atoms with van der Waals surface area (Å²) in [5.74, 6) is -3.09. The van der Waals surface area contributed by atoms with E-state index in [-0.39, 0.29) is 5.69 Å². The maximum Gasteiger partial charge on any atom is 0.335 e. The quantitative estimate of drug-likeness (QED) is 0.404. The molecule has 0 aromatic heterocycles. The minimum absolute atomic E-state index is 0.233. The van der Waals surface area contributed by atoms with Crippen LogP contribution in [0, 0.1) is 5.92 Å². The van der Waals surface area contributed by atoms with Gasteiger partial charge in [0.25, 0.3) is 11.8 Å². The Balaban J connectivity index is 1.75. The van der Waals surface area contributed by atoms with E-state index in [1.54, 1.807) is 36.4 Å². The average molecular weight is 459 g/mol. The van der Waals surface area contributed by atoms with E-state index in [0.29, 0.717) is 11.3 Å². The molecular formula is C19H15BrN4O5. The van der Waals surface area contributed by atoms with Gasteiger partial charge in [-0.3, -0.25) is 19.7 Å². The Hall–Kier alpha value is -3.53. The molecule has 3 rings (SSSR count). The zero-order valence-corrected chi connectivity index (χ0v) is 16.7. The molecule has 5 amide bonds. The second-order valence-electron chi connectivity index (χ2n) is 5.87. The number of benzene rings is 2. The number of methoxy groups -OCH3 is 1. The standard InChI is InChI=1S/C19H15BrN4O5/c1-29-14-4-2-3-13(9-14)24-18(27)15(17(26)22-19(24)28)10-21-23-16(25)11-5-7-12(20)8-6-11/h2-10,15H,1H3,(H,23,25)(H,22,26,28)/b21-10-/t15-/m1/s1. The third-order valence-electron chi connectivity index (χ3n) is 4.01. The van der Waals surface area contributed by atoms with E-state index in [4.69, 9.17) is 4.74 Å². The number of anilines is 1. The van der Waals surface area contributed by atoms with E-state index >= 15 is 0 Å². The smallest absolute Gasteiger partial charge is 0.335 e. The number of barbiturate groups is 1. The Kier molecular flexibility index (Phi) is 6.03. The predicted molar refractivity (Wildman–Crippen MR) is 108 cm³/mol. The minimum Gasteiger partial charge on any atom is -0.497 e. The van der Waals surface area contributed by atoms with E-state index in [0.717, 1.165) is 15.6 Å². The largest absolute Gasteiger partial charge is 0.497 e. The number of ether oxygens (including phenoxy) is 1. The lowest BCUT2D eigenvalue weighted by molar-refractivity contribution is -0.131. The lowest BCUT2D eigenvalue weighted by atomic mass is 10.1. The monoisotopic (exact) mass is 458 g/mol. The second-order valence-corrected chi connectivity index (χ2v) is 6.79. The number of amides is 5. The number of carbonyl (C=O) groups excluding carboxylic acids is 4. The molecule has 1 atom stereocenters. The van der Waals surface area contributed by atoms with E-state index in [1.165, 1.54) is 19.2 Å². The summed E-state index contributed by atoms with van der Waals surface area (Å²) < 4.78 is 5.90. The van der Waals surface area contributed by atoms with Crippen LogP contribution in [-0.2, 0) is 9.59 Å². The average Bonchev–Trinajstić information content (AvgIpc) is 2.70. The van der Waals surface area contributed by atoms with Crippen LogP contribution in [0.4, 0.5) is 10.5 Å². The molecule has 0 aliphatic carbocycles. The van der Waals surface area contributed by atoms with E-state index in [9.17, 15) is 19.2 Å². The van der Waals surface area contributed by atoms with Crippen molar-refractivity contribution in [1.29, 1.82) is 0 Å². The molecule has 0 spiro atoms. The van der Waals surface area contributed by atoms with Crippen molar-refractivity contribution in [2.24, 2.45) is 11.0 Å². The molecule has 0 bridgehead atoms. The summed E-state index contributed by atoms with van der Waals surface area (Å²) in [6.45, 7) is 0. The molecule has 1 heterocycles. The molecule has 2 aromatic rings. The first kappa shape index (κ1) is 20.2. The van der Waals surface area contributed by atoms with Crippen LogP contribution in [0.15, 0.2) is 58.1 Å². The molecule has 2 N–H and O–H groups in total. The third-order valence-corrected chi connectivity index (χ3v) is 4.54. The van der Waals surface area contributed by atoms with Crippen molar-refractivity contribution in [2.75, 3.05) is 12.0 Å². The first-order valence-electron chi connectivity index (χ1n) is 8.32. The number of imide groups is 2. The van der Waals surface area contributed by atoms with Crippen molar-refractivity contribution in [3.8, 4) is 5.75 Å². The first-order valence-corrected chi connectivity index (χ1v) is 9.12. The highest BCUT2D eigenvalue weighted by molar-refractivity contribution is 9.10. The third kappa shape index (κ3) is 4.49. The molecule has 1 aliphatic heterocycles. The number of nitrogens with zero attached hydrogens (tertiary/aromatic N) is 2. The highest BCUT2D eigenvalue weighted by Gasteiger charge is 2.40. The fraction of sp³-hybridized carbons (Fsp3) is 0.105. The molecule has 10 heteroatoms. The summed E-state index contributed by atoms with van der Waals surface area (Å²) in [4.78, 5) is 49.9. The summed E-state index contributed by atoms with van der Waals surface area (Å²) in [7, 11) is 1.45. The summed E-state index contributed by atoms with van der Waals surface area (Å²) >= 11 is 3.27. The van der Waals surface area contributed by atoms with Gasteiger partial charge in [0, 0.05) is 22.3 Å². The molecule has 0 unspecified atom stereocenters. The fourth-order valence-corrected chi connectivity index (χ4v) is 2.82. The zero-order valence-electron chi connectivity index (χ0n) is 15.1. The number of halogens is 1. The fourth-order valence-electron chi connectivity index (χ4n) is 2.55. The van der Waals surface area contributed by atoms with Crippen LogP contribution in [-0.4, -0.2) is 37.1 Å². The van der Waals surface area contributed by atoms with Gasteiger partial charge in [0.15, 0.2) is 5.92 Å². The SMILES string of the molecule is COc1cccc(N2C(=O)NC(=O)[C@@H](/C=N\NC(=O)c3ccc(Br)cc3)C2=O)c1. The van der Waals surface area contributed by atoms with Gasteiger partial charge in [0.2, 0.25) is 5.91 Å². The van der Waals surface area contributed by atoms with Crippen molar-refractivity contribution < 1.29 is 23.9 Å². The summed E-state index contributed by atoms with van der Waals surface area (Å²) in [5.41, 5.74) is 2.83. The van der Waals surface area contributed by atoms with Crippen LogP contribution >= 0.6 is 15.9 Å². The van der Waals surface area contributed by atoms with Crippen LogP contribution in [0.2, 0.25) is 0 Å². The number of hydrazone groups is 1. The number of urea groups is 1. The van der Waals surface area contributed by atoms with Crippen molar-refractivity contribution in [3.05, 3.63) is 58.6 Å². The van der Waals surface area contributed by atoms with Crippen LogP contribution in [0.25, 0.3) is 0 Å².